The third kappa shape index (κ3) is 4.61. The summed E-state index contributed by atoms with van der Waals surface area (Å²) in [5.74, 6) is 3.19. The summed E-state index contributed by atoms with van der Waals surface area (Å²) in [5, 5.41) is 0. The Kier molecular flexibility index (Phi) is 6.71. The molecule has 0 amide bonds. The average molecular weight is 501 g/mol. The van der Waals surface area contributed by atoms with Crippen LogP contribution in [0, 0.1) is 23.7 Å². The molecule has 2 aromatic carbocycles. The van der Waals surface area contributed by atoms with E-state index in [1.165, 1.54) is 75.8 Å². The van der Waals surface area contributed by atoms with E-state index in [1.807, 2.05) is 0 Å². The first-order valence-electron chi connectivity index (χ1n) is 15.0. The lowest BCUT2D eigenvalue weighted by atomic mass is 9.82. The summed E-state index contributed by atoms with van der Waals surface area (Å²) in [6, 6.07) is 12.3. The molecule has 4 aliphatic carbocycles. The maximum atomic E-state index is 4.61. The molecule has 2 aromatic rings. The summed E-state index contributed by atoms with van der Waals surface area (Å²) in [7, 11) is 0. The highest BCUT2D eigenvalue weighted by Gasteiger charge is 2.31. The molecule has 4 aliphatic rings. The van der Waals surface area contributed by atoms with Gasteiger partial charge in [0, 0.05) is 5.92 Å². The second-order valence-electron chi connectivity index (χ2n) is 13.2. The van der Waals surface area contributed by atoms with E-state index in [0.717, 1.165) is 24.7 Å². The van der Waals surface area contributed by atoms with Crippen LogP contribution in [0.25, 0.3) is 11.1 Å². The van der Waals surface area contributed by atoms with Crippen molar-refractivity contribution < 1.29 is 0 Å². The lowest BCUT2D eigenvalue weighted by Gasteiger charge is -2.22. The first kappa shape index (κ1) is 25.4. The molecule has 0 heterocycles. The molecule has 0 saturated heterocycles. The number of fused-ring (bicyclic) bond motifs is 2. The maximum Gasteiger partial charge on any atom is 0.0278 e. The minimum absolute atomic E-state index is 0.391. The molecule has 1 saturated carbocycles. The fourth-order valence-corrected chi connectivity index (χ4v) is 7.64. The molecular weight excluding hydrogens is 456 g/mol. The lowest BCUT2D eigenvalue weighted by Crippen LogP contribution is -2.07. The number of hydrogen-bond donors (Lipinski definition) is 0. The molecule has 38 heavy (non-hydrogen) atoms. The normalized spacial score (nSPS) is 25.9. The number of hydrogen-bond acceptors (Lipinski definition) is 0. The Bertz CT molecular complexity index is 1400. The van der Waals surface area contributed by atoms with E-state index in [2.05, 4.69) is 102 Å². The molecule has 6 rings (SSSR count). The van der Waals surface area contributed by atoms with Crippen molar-refractivity contribution in [2.75, 3.05) is 0 Å². The van der Waals surface area contributed by atoms with Gasteiger partial charge in [-0.15, -0.1) is 0 Å². The SMILES string of the molecule is C=C1c2c(Cc3ccc([C@@H]4CC[C@H](C)C4)c(CC(C)C)c3)ccc(C3=CC=C4C=C(C)C=CC43)c2CC1C. The molecule has 0 radical (unpaired) electrons. The summed E-state index contributed by atoms with van der Waals surface area (Å²) in [6.07, 6.45) is 19.1. The van der Waals surface area contributed by atoms with Crippen LogP contribution in [0.3, 0.4) is 0 Å². The van der Waals surface area contributed by atoms with Crippen molar-refractivity contribution >= 4 is 11.1 Å². The van der Waals surface area contributed by atoms with Gasteiger partial charge < -0.3 is 0 Å². The Balaban J connectivity index is 1.34. The van der Waals surface area contributed by atoms with E-state index in [1.54, 1.807) is 11.1 Å². The first-order chi connectivity index (χ1) is 18.3. The van der Waals surface area contributed by atoms with Crippen LogP contribution in [0.2, 0.25) is 0 Å². The largest absolute Gasteiger partial charge is 0.0949 e. The quantitative estimate of drug-likeness (QED) is 0.370. The summed E-state index contributed by atoms with van der Waals surface area (Å²) in [5.41, 5.74) is 16.1. The predicted molar refractivity (Wildman–Crippen MR) is 164 cm³/mol. The van der Waals surface area contributed by atoms with Gasteiger partial charge in [-0.1, -0.05) is 107 Å². The zero-order chi connectivity index (χ0) is 26.6. The monoisotopic (exact) mass is 500 g/mol. The lowest BCUT2D eigenvalue weighted by molar-refractivity contribution is 0.589. The maximum absolute atomic E-state index is 4.61. The number of rotatable bonds is 6. The Labute approximate surface area is 231 Å². The van der Waals surface area contributed by atoms with Crippen LogP contribution in [-0.2, 0) is 19.3 Å². The molecule has 0 N–H and O–H groups in total. The zero-order valence-corrected chi connectivity index (χ0v) is 24.1. The Morgan fingerprint density at radius 2 is 1.84 bits per heavy atom. The molecule has 196 valence electrons. The number of benzene rings is 2. The molecule has 0 heteroatoms. The second-order valence-corrected chi connectivity index (χ2v) is 13.2. The van der Waals surface area contributed by atoms with Crippen LogP contribution in [0.4, 0.5) is 0 Å². The molecular formula is C38H44. The van der Waals surface area contributed by atoms with Gasteiger partial charge in [-0.3, -0.25) is 0 Å². The second kappa shape index (κ2) is 10.0. The van der Waals surface area contributed by atoms with Crippen molar-refractivity contribution in [1.29, 1.82) is 0 Å². The summed E-state index contributed by atoms with van der Waals surface area (Å²) < 4.78 is 0. The molecule has 4 atom stereocenters. The summed E-state index contributed by atoms with van der Waals surface area (Å²) >= 11 is 0. The van der Waals surface area contributed by atoms with Crippen molar-refractivity contribution in [3.63, 3.8) is 0 Å². The Morgan fingerprint density at radius 3 is 2.61 bits per heavy atom. The van der Waals surface area contributed by atoms with Gasteiger partial charge in [0.05, 0.1) is 0 Å². The molecule has 0 aromatic heterocycles. The molecule has 2 unspecified atom stereocenters. The predicted octanol–water partition coefficient (Wildman–Crippen LogP) is 10.0. The van der Waals surface area contributed by atoms with Gasteiger partial charge in [-0.2, -0.15) is 0 Å². The Hall–Kier alpha value is -2.86. The highest BCUT2D eigenvalue weighted by atomic mass is 14.4. The minimum atomic E-state index is 0.391. The van der Waals surface area contributed by atoms with Gasteiger partial charge in [0.15, 0.2) is 0 Å². The van der Waals surface area contributed by atoms with Crippen LogP contribution in [0.15, 0.2) is 78.4 Å². The van der Waals surface area contributed by atoms with Gasteiger partial charge in [0.1, 0.15) is 0 Å². The van der Waals surface area contributed by atoms with Crippen LogP contribution >= 0.6 is 0 Å². The van der Waals surface area contributed by atoms with E-state index in [4.69, 9.17) is 0 Å². The number of allylic oxidation sites excluding steroid dienone is 9. The van der Waals surface area contributed by atoms with Crippen molar-refractivity contribution in [3.8, 4) is 0 Å². The van der Waals surface area contributed by atoms with Crippen molar-refractivity contribution in [1.82, 2.24) is 0 Å². The van der Waals surface area contributed by atoms with Crippen LogP contribution in [0.1, 0.15) is 98.7 Å². The van der Waals surface area contributed by atoms with Gasteiger partial charge >= 0.3 is 0 Å². The smallest absolute Gasteiger partial charge is 0.0278 e. The zero-order valence-electron chi connectivity index (χ0n) is 24.1. The van der Waals surface area contributed by atoms with E-state index >= 15 is 0 Å². The fraction of sp³-hybridized carbons (Fsp3) is 0.421. The van der Waals surface area contributed by atoms with Gasteiger partial charge in [-0.05, 0) is 118 Å². The minimum Gasteiger partial charge on any atom is -0.0949 e. The highest BCUT2D eigenvalue weighted by molar-refractivity contribution is 5.86. The van der Waals surface area contributed by atoms with Crippen molar-refractivity contribution in [2.24, 2.45) is 23.7 Å². The van der Waals surface area contributed by atoms with Gasteiger partial charge in [0.25, 0.3) is 0 Å². The van der Waals surface area contributed by atoms with Crippen LogP contribution in [-0.4, -0.2) is 0 Å². The molecule has 0 bridgehead atoms. The van der Waals surface area contributed by atoms with Crippen molar-refractivity contribution in [2.45, 2.75) is 79.1 Å². The summed E-state index contributed by atoms with van der Waals surface area (Å²) in [4.78, 5) is 0. The van der Waals surface area contributed by atoms with E-state index in [9.17, 15) is 0 Å². The van der Waals surface area contributed by atoms with E-state index in [0.29, 0.717) is 17.8 Å². The molecule has 0 aliphatic heterocycles. The van der Waals surface area contributed by atoms with Gasteiger partial charge in [-0.25, -0.2) is 0 Å². The standard InChI is InChI=1S/C38H44/c1-23(2)17-32-22-28(9-14-33(32)29-10-7-24(3)18-29)21-31-12-16-36(37-20-26(5)27(6)38(31)37)35-15-11-30-19-25(4)8-13-34(30)35/h8-9,11-16,19,22-24,26,29,34H,6-7,10,17-18,20-21H2,1-5H3/t24-,26?,29+,34?/m0/s1. The molecule has 1 fully saturated rings. The molecule has 0 spiro atoms. The van der Waals surface area contributed by atoms with Crippen molar-refractivity contribution in [3.05, 3.63) is 117 Å². The van der Waals surface area contributed by atoms with Crippen LogP contribution in [0.5, 0.6) is 0 Å². The highest BCUT2D eigenvalue weighted by Crippen LogP contribution is 2.47. The third-order valence-corrected chi connectivity index (χ3v) is 9.60. The fourth-order valence-electron chi connectivity index (χ4n) is 7.64. The average Bonchev–Trinajstić information content (AvgIpc) is 3.57. The van der Waals surface area contributed by atoms with E-state index in [-0.39, 0.29) is 0 Å². The topological polar surface area (TPSA) is 0 Å². The van der Waals surface area contributed by atoms with E-state index < -0.39 is 0 Å². The first-order valence-corrected chi connectivity index (χ1v) is 15.0. The van der Waals surface area contributed by atoms with Crippen LogP contribution < -0.4 is 0 Å². The third-order valence-electron chi connectivity index (χ3n) is 9.60. The Morgan fingerprint density at radius 1 is 1.00 bits per heavy atom. The molecule has 0 nitrogen and oxygen atoms in total. The van der Waals surface area contributed by atoms with Gasteiger partial charge in [0.2, 0.25) is 0 Å². The summed E-state index contributed by atoms with van der Waals surface area (Å²) in [6.45, 7) is 16.3.